The zero-order valence-electron chi connectivity index (χ0n) is 11.6. The van der Waals surface area contributed by atoms with Crippen LogP contribution < -0.4 is 0 Å². The van der Waals surface area contributed by atoms with Crippen LogP contribution in [0.25, 0.3) is 16.8 Å². The molecule has 0 amide bonds. The Morgan fingerprint density at radius 1 is 1.10 bits per heavy atom. The molecule has 102 valence electrons. The summed E-state index contributed by atoms with van der Waals surface area (Å²) in [5.74, 6) is -0.871. The standard InChI is InChI=1S/C17H16O3/c1-3-20-17(19)16(12(2)18)11-14-9-6-8-13-7-4-5-10-15(13)14/h4-11H,3H2,1-2H3. The highest BCUT2D eigenvalue weighted by Crippen LogP contribution is 2.21. The summed E-state index contributed by atoms with van der Waals surface area (Å²) in [5.41, 5.74) is 0.907. The van der Waals surface area contributed by atoms with Crippen LogP contribution in [0.4, 0.5) is 0 Å². The molecular weight excluding hydrogens is 252 g/mol. The maximum Gasteiger partial charge on any atom is 0.341 e. The summed E-state index contributed by atoms with van der Waals surface area (Å²) < 4.78 is 4.92. The molecule has 0 aromatic heterocycles. The molecule has 0 N–H and O–H groups in total. The summed E-state index contributed by atoms with van der Waals surface area (Å²) in [4.78, 5) is 23.4. The summed E-state index contributed by atoms with van der Waals surface area (Å²) >= 11 is 0. The number of rotatable bonds is 4. The average molecular weight is 268 g/mol. The molecule has 20 heavy (non-hydrogen) atoms. The van der Waals surface area contributed by atoms with E-state index in [0.29, 0.717) is 0 Å². The minimum absolute atomic E-state index is 0.0724. The van der Waals surface area contributed by atoms with Crippen molar-refractivity contribution in [1.29, 1.82) is 0 Å². The lowest BCUT2D eigenvalue weighted by Gasteiger charge is -2.06. The maximum atomic E-state index is 11.8. The number of ether oxygens (including phenoxy) is 1. The van der Waals surface area contributed by atoms with Crippen molar-refractivity contribution in [2.45, 2.75) is 13.8 Å². The summed E-state index contributed by atoms with van der Waals surface area (Å²) in [6, 6.07) is 13.6. The average Bonchev–Trinajstić information content (AvgIpc) is 2.44. The van der Waals surface area contributed by atoms with Crippen LogP contribution in [0.15, 0.2) is 48.0 Å². The van der Waals surface area contributed by atoms with Gasteiger partial charge in [0.2, 0.25) is 0 Å². The summed E-state index contributed by atoms with van der Waals surface area (Å²) in [6.07, 6.45) is 1.60. The van der Waals surface area contributed by atoms with Crippen LogP contribution in [0.1, 0.15) is 19.4 Å². The molecule has 0 aliphatic carbocycles. The molecular formula is C17H16O3. The van der Waals surface area contributed by atoms with Gasteiger partial charge in [-0.1, -0.05) is 42.5 Å². The molecule has 0 bridgehead atoms. The van der Waals surface area contributed by atoms with Crippen LogP contribution in [-0.2, 0) is 14.3 Å². The van der Waals surface area contributed by atoms with Gasteiger partial charge in [0.05, 0.1) is 6.61 Å². The van der Waals surface area contributed by atoms with E-state index in [0.717, 1.165) is 16.3 Å². The van der Waals surface area contributed by atoms with Gasteiger partial charge in [0.15, 0.2) is 5.78 Å². The lowest BCUT2D eigenvalue weighted by Crippen LogP contribution is -2.13. The van der Waals surface area contributed by atoms with Crippen LogP contribution >= 0.6 is 0 Å². The number of benzene rings is 2. The van der Waals surface area contributed by atoms with E-state index < -0.39 is 5.97 Å². The summed E-state index contributed by atoms with van der Waals surface area (Å²) in [5, 5.41) is 2.06. The van der Waals surface area contributed by atoms with Crippen LogP contribution in [0.3, 0.4) is 0 Å². The van der Waals surface area contributed by atoms with Crippen LogP contribution in [0.2, 0.25) is 0 Å². The largest absolute Gasteiger partial charge is 0.462 e. The van der Waals surface area contributed by atoms with E-state index in [1.807, 2.05) is 42.5 Å². The highest BCUT2D eigenvalue weighted by atomic mass is 16.5. The van der Waals surface area contributed by atoms with Crippen molar-refractivity contribution in [2.24, 2.45) is 0 Å². The minimum Gasteiger partial charge on any atom is -0.462 e. The van der Waals surface area contributed by atoms with Gasteiger partial charge in [0.1, 0.15) is 5.57 Å². The smallest absolute Gasteiger partial charge is 0.341 e. The van der Waals surface area contributed by atoms with E-state index in [1.54, 1.807) is 13.0 Å². The van der Waals surface area contributed by atoms with Crippen molar-refractivity contribution in [2.75, 3.05) is 6.61 Å². The van der Waals surface area contributed by atoms with Gasteiger partial charge in [0.25, 0.3) is 0 Å². The third-order valence-corrected chi connectivity index (χ3v) is 3.00. The van der Waals surface area contributed by atoms with Crippen molar-refractivity contribution in [3.63, 3.8) is 0 Å². The second-order valence-electron chi connectivity index (χ2n) is 4.40. The molecule has 0 aliphatic rings. The summed E-state index contributed by atoms with van der Waals surface area (Å²) in [6.45, 7) is 3.33. The van der Waals surface area contributed by atoms with Gasteiger partial charge in [0, 0.05) is 0 Å². The Kier molecular flexibility index (Phi) is 4.31. The number of esters is 1. The Bertz CT molecular complexity index is 678. The minimum atomic E-state index is -0.576. The van der Waals surface area contributed by atoms with Gasteiger partial charge in [-0.15, -0.1) is 0 Å². The summed E-state index contributed by atoms with van der Waals surface area (Å²) in [7, 11) is 0. The fraction of sp³-hybridized carbons (Fsp3) is 0.176. The fourth-order valence-electron chi connectivity index (χ4n) is 2.04. The molecule has 0 atom stereocenters. The molecule has 3 heteroatoms. The highest BCUT2D eigenvalue weighted by Gasteiger charge is 2.15. The number of ketones is 1. The lowest BCUT2D eigenvalue weighted by atomic mass is 10.0. The van der Waals surface area contributed by atoms with Crippen molar-refractivity contribution in [3.05, 3.63) is 53.6 Å². The molecule has 2 aromatic carbocycles. The van der Waals surface area contributed by atoms with Gasteiger partial charge >= 0.3 is 5.97 Å². The van der Waals surface area contributed by atoms with E-state index in [1.165, 1.54) is 6.92 Å². The number of carbonyl (C=O) groups is 2. The van der Waals surface area contributed by atoms with E-state index >= 15 is 0 Å². The molecule has 2 aromatic rings. The second kappa shape index (κ2) is 6.15. The normalized spacial score (nSPS) is 11.4. The molecule has 0 saturated heterocycles. The van der Waals surface area contributed by atoms with Crippen molar-refractivity contribution < 1.29 is 14.3 Å². The van der Waals surface area contributed by atoms with Crippen molar-refractivity contribution >= 4 is 28.6 Å². The van der Waals surface area contributed by atoms with E-state index in [2.05, 4.69) is 0 Å². The van der Waals surface area contributed by atoms with Crippen molar-refractivity contribution in [3.8, 4) is 0 Å². The van der Waals surface area contributed by atoms with Gasteiger partial charge in [-0.2, -0.15) is 0 Å². The first-order valence-electron chi connectivity index (χ1n) is 6.51. The lowest BCUT2D eigenvalue weighted by molar-refractivity contribution is -0.139. The molecule has 2 rings (SSSR count). The third kappa shape index (κ3) is 2.94. The quantitative estimate of drug-likeness (QED) is 0.369. The van der Waals surface area contributed by atoms with E-state index in [9.17, 15) is 9.59 Å². The number of hydrogen-bond acceptors (Lipinski definition) is 3. The highest BCUT2D eigenvalue weighted by molar-refractivity contribution is 6.20. The molecule has 3 nitrogen and oxygen atoms in total. The monoisotopic (exact) mass is 268 g/mol. The number of fused-ring (bicyclic) bond motifs is 1. The number of hydrogen-bond donors (Lipinski definition) is 0. The van der Waals surface area contributed by atoms with E-state index in [-0.39, 0.29) is 18.0 Å². The Morgan fingerprint density at radius 2 is 1.80 bits per heavy atom. The Balaban J connectivity index is 2.54. The van der Waals surface area contributed by atoms with Gasteiger partial charge in [-0.3, -0.25) is 4.79 Å². The first-order valence-corrected chi connectivity index (χ1v) is 6.51. The SMILES string of the molecule is CCOC(=O)C(=Cc1cccc2ccccc12)C(C)=O. The Labute approximate surface area is 117 Å². The van der Waals surface area contributed by atoms with Gasteiger partial charge in [-0.05, 0) is 36.3 Å². The van der Waals surface area contributed by atoms with Crippen LogP contribution in [0, 0.1) is 0 Å². The zero-order chi connectivity index (χ0) is 14.5. The molecule has 0 unspecified atom stereocenters. The number of Topliss-reactive ketones (excluding diaryl/α,β-unsaturated/α-hetero) is 1. The van der Waals surface area contributed by atoms with Crippen LogP contribution in [-0.4, -0.2) is 18.4 Å². The molecule has 0 aliphatic heterocycles. The first-order chi connectivity index (χ1) is 9.63. The first kappa shape index (κ1) is 14.0. The van der Waals surface area contributed by atoms with Crippen LogP contribution in [0.5, 0.6) is 0 Å². The topological polar surface area (TPSA) is 43.4 Å². The molecule has 0 spiro atoms. The number of carbonyl (C=O) groups excluding carboxylic acids is 2. The third-order valence-electron chi connectivity index (χ3n) is 3.00. The predicted octanol–water partition coefficient (Wildman–Crippen LogP) is 3.38. The molecule has 0 radical (unpaired) electrons. The maximum absolute atomic E-state index is 11.8. The van der Waals surface area contributed by atoms with Crippen molar-refractivity contribution in [1.82, 2.24) is 0 Å². The second-order valence-corrected chi connectivity index (χ2v) is 4.40. The molecule has 0 fully saturated rings. The van der Waals surface area contributed by atoms with Gasteiger partial charge < -0.3 is 4.74 Å². The molecule has 0 heterocycles. The molecule has 0 saturated carbocycles. The fourth-order valence-corrected chi connectivity index (χ4v) is 2.04. The zero-order valence-corrected chi connectivity index (χ0v) is 11.6. The predicted molar refractivity (Wildman–Crippen MR) is 79.2 cm³/mol. The van der Waals surface area contributed by atoms with Gasteiger partial charge in [-0.25, -0.2) is 4.79 Å². The Morgan fingerprint density at radius 3 is 2.50 bits per heavy atom. The van der Waals surface area contributed by atoms with E-state index in [4.69, 9.17) is 4.74 Å². The Hall–Kier alpha value is -2.42.